The summed E-state index contributed by atoms with van der Waals surface area (Å²) >= 11 is 0. The second-order valence-electron chi connectivity index (χ2n) is 4.78. The maximum Gasteiger partial charge on any atom is 0.332 e. The van der Waals surface area contributed by atoms with Gasteiger partial charge >= 0.3 is 12.0 Å². The van der Waals surface area contributed by atoms with Gasteiger partial charge in [0, 0.05) is 32.2 Å². The third kappa shape index (κ3) is 5.89. The molecule has 1 aliphatic heterocycles. The summed E-state index contributed by atoms with van der Waals surface area (Å²) in [5, 5.41) is 22.9. The molecule has 1 fully saturated rings. The summed E-state index contributed by atoms with van der Waals surface area (Å²) in [6, 6.07) is -0.287. The van der Waals surface area contributed by atoms with Crippen molar-refractivity contribution in [1.29, 1.82) is 0 Å². The Labute approximate surface area is 112 Å². The quantitative estimate of drug-likeness (QED) is 0.542. The smallest absolute Gasteiger partial charge is 0.332 e. The SMILES string of the molecule is CC(NC(=O)NCCC(O)C(=O)O)C1CCOCC1. The van der Waals surface area contributed by atoms with E-state index in [1.165, 1.54) is 0 Å². The van der Waals surface area contributed by atoms with Gasteiger partial charge in [-0.05, 0) is 25.7 Å². The molecular weight excluding hydrogens is 252 g/mol. The van der Waals surface area contributed by atoms with E-state index >= 15 is 0 Å². The highest BCUT2D eigenvalue weighted by molar-refractivity contribution is 5.74. The van der Waals surface area contributed by atoms with E-state index < -0.39 is 12.1 Å². The maximum atomic E-state index is 11.6. The van der Waals surface area contributed by atoms with Gasteiger partial charge in [0.25, 0.3) is 0 Å². The number of hydrogen-bond acceptors (Lipinski definition) is 4. The van der Waals surface area contributed by atoms with Crippen molar-refractivity contribution in [1.82, 2.24) is 10.6 Å². The molecule has 1 heterocycles. The molecule has 2 atom stereocenters. The van der Waals surface area contributed by atoms with Crippen LogP contribution in [0.1, 0.15) is 26.2 Å². The Kier molecular flexibility index (Phi) is 6.58. The lowest BCUT2D eigenvalue weighted by Crippen LogP contribution is -2.46. The first-order valence-corrected chi connectivity index (χ1v) is 6.53. The number of carboxylic acid groups (broad SMARTS) is 1. The van der Waals surface area contributed by atoms with Crippen LogP contribution in [0.5, 0.6) is 0 Å². The van der Waals surface area contributed by atoms with Crippen LogP contribution < -0.4 is 10.6 Å². The average Bonchev–Trinajstić information content (AvgIpc) is 2.39. The predicted molar refractivity (Wildman–Crippen MR) is 67.8 cm³/mol. The van der Waals surface area contributed by atoms with Crippen molar-refractivity contribution in [3.8, 4) is 0 Å². The Morgan fingerprint density at radius 1 is 1.37 bits per heavy atom. The van der Waals surface area contributed by atoms with Gasteiger partial charge in [0.15, 0.2) is 6.10 Å². The molecule has 0 aliphatic carbocycles. The number of carboxylic acids is 1. The highest BCUT2D eigenvalue weighted by Crippen LogP contribution is 2.18. The zero-order valence-corrected chi connectivity index (χ0v) is 11.1. The third-order valence-electron chi connectivity index (χ3n) is 3.32. The summed E-state index contributed by atoms with van der Waals surface area (Å²) in [4.78, 5) is 21.9. The molecule has 0 aromatic rings. The van der Waals surface area contributed by atoms with Crippen molar-refractivity contribution in [2.75, 3.05) is 19.8 Å². The van der Waals surface area contributed by atoms with Gasteiger partial charge in [0.1, 0.15) is 0 Å². The summed E-state index contributed by atoms with van der Waals surface area (Å²) in [6.45, 7) is 3.52. The number of rotatable bonds is 6. The molecule has 0 spiro atoms. The molecule has 2 amide bonds. The molecule has 0 bridgehead atoms. The zero-order chi connectivity index (χ0) is 14.3. The van der Waals surface area contributed by atoms with Crippen LogP contribution in [-0.4, -0.2) is 54.1 Å². The lowest BCUT2D eigenvalue weighted by atomic mass is 9.93. The molecule has 0 aromatic heterocycles. The van der Waals surface area contributed by atoms with Crippen molar-refractivity contribution in [3.05, 3.63) is 0 Å². The molecule has 4 N–H and O–H groups in total. The van der Waals surface area contributed by atoms with E-state index in [0.717, 1.165) is 26.1 Å². The molecular formula is C12H22N2O5. The molecule has 2 unspecified atom stereocenters. The minimum Gasteiger partial charge on any atom is -0.479 e. The van der Waals surface area contributed by atoms with Crippen LogP contribution >= 0.6 is 0 Å². The summed E-state index contributed by atoms with van der Waals surface area (Å²) in [5.41, 5.74) is 0. The monoisotopic (exact) mass is 274 g/mol. The van der Waals surface area contributed by atoms with Gasteiger partial charge in [-0.1, -0.05) is 0 Å². The summed E-state index contributed by atoms with van der Waals surface area (Å²) in [6.07, 6.45) is 0.417. The van der Waals surface area contributed by atoms with Crippen LogP contribution in [0.25, 0.3) is 0 Å². The van der Waals surface area contributed by atoms with Gasteiger partial charge in [-0.25, -0.2) is 9.59 Å². The first-order chi connectivity index (χ1) is 9.00. The van der Waals surface area contributed by atoms with Crippen molar-refractivity contribution in [2.24, 2.45) is 5.92 Å². The molecule has 1 aliphatic rings. The second-order valence-corrected chi connectivity index (χ2v) is 4.78. The fourth-order valence-corrected chi connectivity index (χ4v) is 2.04. The van der Waals surface area contributed by atoms with E-state index in [1.54, 1.807) is 0 Å². The van der Waals surface area contributed by atoms with Crippen LogP contribution in [0.15, 0.2) is 0 Å². The molecule has 7 heteroatoms. The predicted octanol–water partition coefficient (Wildman–Crippen LogP) is -0.0637. The van der Waals surface area contributed by atoms with E-state index in [4.69, 9.17) is 14.9 Å². The third-order valence-corrected chi connectivity index (χ3v) is 3.32. The van der Waals surface area contributed by atoms with Gasteiger partial charge in [0.2, 0.25) is 0 Å². The van der Waals surface area contributed by atoms with E-state index in [2.05, 4.69) is 10.6 Å². The summed E-state index contributed by atoms with van der Waals surface area (Å²) < 4.78 is 5.26. The summed E-state index contributed by atoms with van der Waals surface area (Å²) in [5.74, 6) is -0.873. The number of aliphatic carboxylic acids is 1. The van der Waals surface area contributed by atoms with Gasteiger partial charge in [0.05, 0.1) is 0 Å². The largest absolute Gasteiger partial charge is 0.479 e. The molecule has 0 aromatic carbocycles. The summed E-state index contributed by atoms with van der Waals surface area (Å²) in [7, 11) is 0. The second kappa shape index (κ2) is 7.96. The molecule has 19 heavy (non-hydrogen) atoms. The molecule has 110 valence electrons. The minimum absolute atomic E-state index is 0.00555. The van der Waals surface area contributed by atoms with Gasteiger partial charge in [-0.3, -0.25) is 0 Å². The van der Waals surface area contributed by atoms with E-state index in [0.29, 0.717) is 5.92 Å². The Morgan fingerprint density at radius 2 is 2.00 bits per heavy atom. The number of hydrogen-bond donors (Lipinski definition) is 4. The molecule has 1 rings (SSSR count). The molecule has 1 saturated heterocycles. The Morgan fingerprint density at radius 3 is 2.58 bits per heavy atom. The standard InChI is InChI=1S/C12H22N2O5/c1-8(9-3-6-19-7-4-9)14-12(18)13-5-2-10(15)11(16)17/h8-10,15H,2-7H2,1H3,(H,16,17)(H2,13,14,18). The van der Waals surface area contributed by atoms with Crippen LogP contribution in [0, 0.1) is 5.92 Å². The fraction of sp³-hybridized carbons (Fsp3) is 0.833. The lowest BCUT2D eigenvalue weighted by Gasteiger charge is -2.28. The van der Waals surface area contributed by atoms with Crippen LogP contribution in [0.4, 0.5) is 4.79 Å². The number of aliphatic hydroxyl groups is 1. The number of urea groups is 1. The number of amides is 2. The van der Waals surface area contributed by atoms with E-state index in [1.807, 2.05) is 6.92 Å². The topological polar surface area (TPSA) is 108 Å². The Balaban J connectivity index is 2.17. The Bertz CT molecular complexity index is 304. The number of nitrogens with one attached hydrogen (secondary N) is 2. The van der Waals surface area contributed by atoms with Crippen molar-refractivity contribution in [3.63, 3.8) is 0 Å². The lowest BCUT2D eigenvalue weighted by molar-refractivity contribution is -0.146. The van der Waals surface area contributed by atoms with Crippen molar-refractivity contribution in [2.45, 2.75) is 38.3 Å². The number of carbonyl (C=O) groups excluding carboxylic acids is 1. The normalized spacial score (nSPS) is 19.5. The van der Waals surface area contributed by atoms with Crippen LogP contribution in [0.3, 0.4) is 0 Å². The zero-order valence-electron chi connectivity index (χ0n) is 11.1. The number of carbonyl (C=O) groups is 2. The molecule has 0 radical (unpaired) electrons. The van der Waals surface area contributed by atoms with E-state index in [9.17, 15) is 9.59 Å². The number of ether oxygens (including phenoxy) is 1. The van der Waals surface area contributed by atoms with Gasteiger partial charge in [-0.2, -0.15) is 0 Å². The average molecular weight is 274 g/mol. The van der Waals surface area contributed by atoms with Crippen molar-refractivity contribution < 1.29 is 24.5 Å². The van der Waals surface area contributed by atoms with Crippen LogP contribution in [0.2, 0.25) is 0 Å². The fourth-order valence-electron chi connectivity index (χ4n) is 2.04. The first-order valence-electron chi connectivity index (χ1n) is 6.53. The maximum absolute atomic E-state index is 11.6. The van der Waals surface area contributed by atoms with E-state index in [-0.39, 0.29) is 25.0 Å². The van der Waals surface area contributed by atoms with Gasteiger partial charge in [-0.15, -0.1) is 0 Å². The first kappa shape index (κ1) is 15.7. The van der Waals surface area contributed by atoms with Gasteiger partial charge < -0.3 is 25.6 Å². The highest BCUT2D eigenvalue weighted by atomic mass is 16.5. The van der Waals surface area contributed by atoms with Crippen LogP contribution in [-0.2, 0) is 9.53 Å². The molecule has 0 saturated carbocycles. The van der Waals surface area contributed by atoms with Crippen molar-refractivity contribution >= 4 is 12.0 Å². The Hall–Kier alpha value is -1.34. The number of aliphatic hydroxyl groups excluding tert-OH is 1. The molecule has 7 nitrogen and oxygen atoms in total. The highest BCUT2D eigenvalue weighted by Gasteiger charge is 2.21. The minimum atomic E-state index is -1.44.